The van der Waals surface area contributed by atoms with Gasteiger partial charge >= 0.3 is 0 Å². The topological polar surface area (TPSA) is 112 Å². The Balaban J connectivity index is 2.18. The van der Waals surface area contributed by atoms with E-state index >= 15 is 0 Å². The summed E-state index contributed by atoms with van der Waals surface area (Å²) in [4.78, 5) is 21.9. The molecule has 2 aromatic rings. The number of hydrogen-bond donors (Lipinski definition) is 3. The van der Waals surface area contributed by atoms with Crippen LogP contribution in [0.2, 0.25) is 0 Å². The van der Waals surface area contributed by atoms with Crippen LogP contribution in [0.3, 0.4) is 0 Å². The third-order valence-corrected chi connectivity index (χ3v) is 3.26. The van der Waals surface area contributed by atoms with Crippen LogP contribution in [0.15, 0.2) is 48.5 Å². The van der Waals surface area contributed by atoms with Gasteiger partial charge in [-0.15, -0.1) is 0 Å². The largest absolute Gasteiger partial charge is 0.370 e. The van der Waals surface area contributed by atoms with E-state index in [0.29, 0.717) is 5.56 Å². The van der Waals surface area contributed by atoms with E-state index in [1.807, 2.05) is 36.4 Å². The highest BCUT2D eigenvalue weighted by Crippen LogP contribution is 2.22. The highest BCUT2D eigenvalue weighted by molar-refractivity contribution is 5.93. The number of amides is 2. The Bertz CT molecular complexity index is 648. The van der Waals surface area contributed by atoms with Crippen LogP contribution in [0.4, 0.5) is 0 Å². The van der Waals surface area contributed by atoms with Crippen molar-refractivity contribution in [3.63, 3.8) is 0 Å². The lowest BCUT2D eigenvalue weighted by Crippen LogP contribution is -2.20. The van der Waals surface area contributed by atoms with Gasteiger partial charge in [-0.05, 0) is 28.8 Å². The predicted octanol–water partition coefficient (Wildman–Crippen LogP) is 1.33. The van der Waals surface area contributed by atoms with Crippen LogP contribution in [0, 0.1) is 0 Å². The third-order valence-electron chi connectivity index (χ3n) is 3.26. The molecule has 5 heteroatoms. The number of benzene rings is 2. The normalized spacial score (nSPS) is 11.9. The molecule has 0 saturated carbocycles. The van der Waals surface area contributed by atoms with Gasteiger partial charge < -0.3 is 17.2 Å². The summed E-state index contributed by atoms with van der Waals surface area (Å²) in [6.07, 6.45) is 0.118. The maximum absolute atomic E-state index is 11.0. The molecule has 0 aliphatic heterocycles. The fourth-order valence-corrected chi connectivity index (χ4v) is 2.08. The van der Waals surface area contributed by atoms with Gasteiger partial charge in [-0.2, -0.15) is 0 Å². The minimum absolute atomic E-state index is 0.118. The fraction of sp³-hybridized carbons (Fsp3) is 0.125. The van der Waals surface area contributed by atoms with Crippen molar-refractivity contribution in [3.8, 4) is 11.1 Å². The van der Waals surface area contributed by atoms with Gasteiger partial charge in [-0.25, -0.2) is 0 Å². The summed E-state index contributed by atoms with van der Waals surface area (Å²) in [5, 5.41) is 0. The van der Waals surface area contributed by atoms with Gasteiger partial charge in [0.25, 0.3) is 0 Å². The highest BCUT2D eigenvalue weighted by Gasteiger charge is 2.09. The lowest BCUT2D eigenvalue weighted by molar-refractivity contribution is -0.118. The number of carbonyl (C=O) groups is 2. The van der Waals surface area contributed by atoms with Crippen LogP contribution in [0.5, 0.6) is 0 Å². The molecule has 108 valence electrons. The molecule has 2 aromatic carbocycles. The molecule has 0 radical (unpaired) electrons. The van der Waals surface area contributed by atoms with Gasteiger partial charge in [0.05, 0.1) is 0 Å². The average molecular weight is 283 g/mol. The molecule has 1 unspecified atom stereocenters. The second-order valence-corrected chi connectivity index (χ2v) is 4.84. The van der Waals surface area contributed by atoms with Crippen molar-refractivity contribution in [1.29, 1.82) is 0 Å². The SMILES string of the molecule is NC(=O)CC(N)c1ccc(-c2ccc(C(N)=O)cc2)cc1. The molecular weight excluding hydrogens is 266 g/mol. The molecule has 2 amide bonds. The van der Waals surface area contributed by atoms with Crippen LogP contribution >= 0.6 is 0 Å². The first-order chi connectivity index (χ1) is 9.97. The Hall–Kier alpha value is -2.66. The molecule has 0 aliphatic carbocycles. The first-order valence-corrected chi connectivity index (χ1v) is 6.51. The Kier molecular flexibility index (Phi) is 4.35. The summed E-state index contributed by atoms with van der Waals surface area (Å²) in [6.45, 7) is 0. The maximum Gasteiger partial charge on any atom is 0.248 e. The van der Waals surface area contributed by atoms with Crippen LogP contribution in [-0.2, 0) is 4.79 Å². The second kappa shape index (κ2) is 6.19. The van der Waals surface area contributed by atoms with Crippen LogP contribution < -0.4 is 17.2 Å². The van der Waals surface area contributed by atoms with Gasteiger partial charge in [0.15, 0.2) is 0 Å². The van der Waals surface area contributed by atoms with E-state index < -0.39 is 17.9 Å². The lowest BCUT2D eigenvalue weighted by Gasteiger charge is -2.11. The summed E-state index contributed by atoms with van der Waals surface area (Å²) in [5.74, 6) is -0.872. The van der Waals surface area contributed by atoms with Crippen molar-refractivity contribution in [1.82, 2.24) is 0 Å². The molecule has 21 heavy (non-hydrogen) atoms. The van der Waals surface area contributed by atoms with E-state index in [-0.39, 0.29) is 6.42 Å². The smallest absolute Gasteiger partial charge is 0.248 e. The molecule has 0 saturated heterocycles. The molecule has 6 N–H and O–H groups in total. The van der Waals surface area contributed by atoms with Gasteiger partial charge in [-0.1, -0.05) is 36.4 Å². The molecule has 0 bridgehead atoms. The molecule has 0 aromatic heterocycles. The van der Waals surface area contributed by atoms with Crippen molar-refractivity contribution in [2.24, 2.45) is 17.2 Å². The lowest BCUT2D eigenvalue weighted by atomic mass is 9.99. The molecule has 5 nitrogen and oxygen atoms in total. The van der Waals surface area contributed by atoms with E-state index in [1.54, 1.807) is 12.1 Å². The molecule has 0 spiro atoms. The summed E-state index contributed by atoms with van der Waals surface area (Å²) >= 11 is 0. The fourth-order valence-electron chi connectivity index (χ4n) is 2.08. The molecule has 0 aliphatic rings. The van der Waals surface area contributed by atoms with Crippen molar-refractivity contribution < 1.29 is 9.59 Å². The number of rotatable bonds is 5. The van der Waals surface area contributed by atoms with Crippen LogP contribution in [0.25, 0.3) is 11.1 Å². The van der Waals surface area contributed by atoms with E-state index in [2.05, 4.69) is 0 Å². The van der Waals surface area contributed by atoms with E-state index in [1.165, 1.54) is 0 Å². The number of primary amides is 2. The zero-order chi connectivity index (χ0) is 15.4. The number of nitrogens with two attached hydrogens (primary N) is 3. The van der Waals surface area contributed by atoms with Crippen LogP contribution in [-0.4, -0.2) is 11.8 Å². The molecule has 1 atom stereocenters. The Morgan fingerprint density at radius 3 is 1.76 bits per heavy atom. The van der Waals surface area contributed by atoms with Crippen molar-refractivity contribution >= 4 is 11.8 Å². The first-order valence-electron chi connectivity index (χ1n) is 6.51. The number of carbonyl (C=O) groups excluding carboxylic acids is 2. The molecule has 2 rings (SSSR count). The zero-order valence-corrected chi connectivity index (χ0v) is 11.5. The highest BCUT2D eigenvalue weighted by atomic mass is 16.1. The summed E-state index contributed by atoms with van der Waals surface area (Å²) in [7, 11) is 0. The molecule has 0 heterocycles. The van der Waals surface area contributed by atoms with Crippen molar-refractivity contribution in [2.45, 2.75) is 12.5 Å². The third kappa shape index (κ3) is 3.67. The van der Waals surface area contributed by atoms with E-state index in [0.717, 1.165) is 16.7 Å². The van der Waals surface area contributed by atoms with Gasteiger partial charge in [0, 0.05) is 18.0 Å². The molecular formula is C16H17N3O2. The van der Waals surface area contributed by atoms with Gasteiger partial charge in [-0.3, -0.25) is 9.59 Å². The summed E-state index contributed by atoms with van der Waals surface area (Å²) in [6, 6.07) is 14.2. The Labute approximate surface area is 122 Å². The van der Waals surface area contributed by atoms with Crippen molar-refractivity contribution in [2.75, 3.05) is 0 Å². The summed E-state index contributed by atoms with van der Waals surface area (Å²) in [5.41, 5.74) is 19.5. The standard InChI is InChI=1S/C16H17N3O2/c17-14(9-15(18)20)12-5-1-10(2-6-12)11-3-7-13(8-4-11)16(19)21/h1-8,14H,9,17H2,(H2,18,20)(H2,19,21). The number of hydrogen-bond acceptors (Lipinski definition) is 3. The second-order valence-electron chi connectivity index (χ2n) is 4.84. The quantitative estimate of drug-likeness (QED) is 0.769. The minimum atomic E-state index is -0.450. The predicted molar refractivity (Wildman–Crippen MR) is 81.1 cm³/mol. The van der Waals surface area contributed by atoms with Gasteiger partial charge in [0.1, 0.15) is 0 Å². The monoisotopic (exact) mass is 283 g/mol. The maximum atomic E-state index is 11.0. The zero-order valence-electron chi connectivity index (χ0n) is 11.5. The van der Waals surface area contributed by atoms with Crippen LogP contribution in [0.1, 0.15) is 28.4 Å². The Morgan fingerprint density at radius 1 is 0.857 bits per heavy atom. The van der Waals surface area contributed by atoms with Gasteiger partial charge in [0.2, 0.25) is 11.8 Å². The summed E-state index contributed by atoms with van der Waals surface area (Å²) < 4.78 is 0. The average Bonchev–Trinajstić information content (AvgIpc) is 2.47. The molecule has 0 fully saturated rings. The Morgan fingerprint density at radius 2 is 1.33 bits per heavy atom. The minimum Gasteiger partial charge on any atom is -0.370 e. The first kappa shape index (κ1) is 14.7. The van der Waals surface area contributed by atoms with E-state index in [4.69, 9.17) is 17.2 Å². The van der Waals surface area contributed by atoms with Crippen molar-refractivity contribution in [3.05, 3.63) is 59.7 Å². The van der Waals surface area contributed by atoms with E-state index in [9.17, 15) is 9.59 Å².